The number of phenolic OH excluding ortho intramolecular Hbond substituents is 2. The first-order chi connectivity index (χ1) is 8.34. The first-order valence-electron chi connectivity index (χ1n) is 5.93. The number of fused-ring (bicyclic) bond motifs is 1. The normalized spacial score (nSPS) is 12.7. The first-order valence-corrected chi connectivity index (χ1v) is 7.27. The van der Waals surface area contributed by atoms with Crippen LogP contribution in [-0.4, -0.2) is 24.8 Å². The Hall–Kier alpha value is -1.52. The molecule has 0 saturated carbocycles. The van der Waals surface area contributed by atoms with Gasteiger partial charge < -0.3 is 15.0 Å². The average Bonchev–Trinajstić information content (AvgIpc) is 2.32. The van der Waals surface area contributed by atoms with Crippen molar-refractivity contribution in [2.24, 2.45) is 0 Å². The zero-order valence-corrected chi connectivity index (χ0v) is 12.3. The Labute approximate surface area is 109 Å². The summed E-state index contributed by atoms with van der Waals surface area (Å²) in [4.78, 5) is 9.25. The average molecular weight is 262 g/mol. The van der Waals surface area contributed by atoms with Gasteiger partial charge >= 0.3 is 0 Å². The van der Waals surface area contributed by atoms with Crippen LogP contribution in [-0.2, 0) is 5.41 Å². The molecule has 0 fully saturated rings. The predicted octanol–water partition coefficient (Wildman–Crippen LogP) is 1.25. The molecule has 0 aliphatic carbocycles. The maximum atomic E-state index is 10.0. The molecule has 0 amide bonds. The molecule has 0 radical (unpaired) electrons. The van der Waals surface area contributed by atoms with E-state index in [2.05, 4.69) is 20.8 Å². The number of aromatic hydroxyl groups is 2. The molecule has 2 aromatic rings. The van der Waals surface area contributed by atoms with E-state index in [4.69, 9.17) is 0 Å². The molecule has 3 nitrogen and oxygen atoms in total. The molecule has 0 aliphatic rings. The second-order valence-corrected chi connectivity index (χ2v) is 6.65. The molecule has 96 valence electrons. The van der Waals surface area contributed by atoms with Gasteiger partial charge in [-0.15, -0.1) is 0 Å². The van der Waals surface area contributed by atoms with E-state index in [1.807, 2.05) is 18.2 Å². The van der Waals surface area contributed by atoms with Crippen molar-refractivity contribution in [3.63, 3.8) is 0 Å². The quantitative estimate of drug-likeness (QED) is 0.535. The van der Waals surface area contributed by atoms with Gasteiger partial charge in [0, 0.05) is 10.6 Å². The van der Waals surface area contributed by atoms with Gasteiger partial charge in [0.2, 0.25) is 0 Å². The van der Waals surface area contributed by atoms with Crippen molar-refractivity contribution >= 4 is 25.7 Å². The highest BCUT2D eigenvalue weighted by Crippen LogP contribution is 2.34. The third kappa shape index (κ3) is 2.09. The van der Waals surface area contributed by atoms with Crippen LogP contribution >= 0.6 is 0 Å². The van der Waals surface area contributed by atoms with Crippen molar-refractivity contribution in [1.82, 2.24) is 0 Å². The number of phenols is 2. The topological polar surface area (TPSA) is 60.7 Å². The lowest BCUT2D eigenvalue weighted by Crippen LogP contribution is -2.14. The van der Waals surface area contributed by atoms with E-state index < -0.39 is 9.76 Å². The zero-order valence-electron chi connectivity index (χ0n) is 10.9. The molecule has 3 N–H and O–H groups in total. The van der Waals surface area contributed by atoms with Crippen LogP contribution in [0.15, 0.2) is 24.3 Å². The van der Waals surface area contributed by atoms with Crippen LogP contribution < -0.4 is 5.19 Å². The van der Waals surface area contributed by atoms with Gasteiger partial charge in [0.1, 0.15) is 0 Å². The Morgan fingerprint density at radius 1 is 1.00 bits per heavy atom. The highest BCUT2D eigenvalue weighted by Gasteiger charge is 2.17. The van der Waals surface area contributed by atoms with Crippen molar-refractivity contribution in [3.8, 4) is 11.5 Å². The molecule has 0 atom stereocenters. The van der Waals surface area contributed by atoms with Crippen molar-refractivity contribution < 1.29 is 15.0 Å². The minimum atomic E-state index is -1.49. The minimum Gasteiger partial charge on any atom is -0.504 e. The van der Waals surface area contributed by atoms with Gasteiger partial charge in [-0.3, -0.25) is 0 Å². The van der Waals surface area contributed by atoms with Gasteiger partial charge in [-0.2, -0.15) is 0 Å². The summed E-state index contributed by atoms with van der Waals surface area (Å²) in [7, 11) is -1.49. The summed E-state index contributed by atoms with van der Waals surface area (Å²) >= 11 is 0. The van der Waals surface area contributed by atoms with Crippen LogP contribution in [0.2, 0.25) is 0 Å². The van der Waals surface area contributed by atoms with Crippen LogP contribution in [0.1, 0.15) is 26.3 Å². The van der Waals surface area contributed by atoms with Crippen molar-refractivity contribution in [2.75, 3.05) is 0 Å². The van der Waals surface area contributed by atoms with Crippen LogP contribution in [0.25, 0.3) is 10.8 Å². The van der Waals surface area contributed by atoms with Gasteiger partial charge in [0.25, 0.3) is 0 Å². The largest absolute Gasteiger partial charge is 0.504 e. The van der Waals surface area contributed by atoms with Gasteiger partial charge in [-0.1, -0.05) is 32.9 Å². The molecule has 0 heterocycles. The zero-order chi connectivity index (χ0) is 13.5. The Morgan fingerprint density at radius 2 is 1.67 bits per heavy atom. The van der Waals surface area contributed by atoms with Gasteiger partial charge in [-0.05, 0) is 28.5 Å². The van der Waals surface area contributed by atoms with E-state index in [1.54, 1.807) is 6.07 Å². The molecule has 4 heteroatoms. The van der Waals surface area contributed by atoms with E-state index in [9.17, 15) is 15.0 Å². The lowest BCUT2D eigenvalue weighted by molar-refractivity contribution is 0.410. The number of hydrogen-bond acceptors (Lipinski definition) is 3. The third-order valence-corrected chi connectivity index (χ3v) is 4.08. The van der Waals surface area contributed by atoms with Crippen LogP contribution in [0, 0.1) is 0 Å². The fourth-order valence-electron chi connectivity index (χ4n) is 2.01. The van der Waals surface area contributed by atoms with Gasteiger partial charge in [0.15, 0.2) is 21.3 Å². The van der Waals surface area contributed by atoms with Crippen molar-refractivity contribution in [3.05, 3.63) is 29.8 Å². The van der Waals surface area contributed by atoms with Crippen LogP contribution in [0.3, 0.4) is 0 Å². The molecule has 0 unspecified atom stereocenters. The summed E-state index contributed by atoms with van der Waals surface area (Å²) < 4.78 is 0. The number of rotatable bonds is 1. The Balaban J connectivity index is 2.75. The second-order valence-electron chi connectivity index (χ2n) is 5.58. The molecule has 18 heavy (non-hydrogen) atoms. The van der Waals surface area contributed by atoms with E-state index in [0.717, 1.165) is 10.9 Å². The van der Waals surface area contributed by atoms with E-state index in [1.165, 1.54) is 0 Å². The number of hydrogen-bond donors (Lipinski definition) is 3. The molecule has 0 aliphatic heterocycles. The second kappa shape index (κ2) is 4.30. The fourth-order valence-corrected chi connectivity index (χ4v) is 2.64. The minimum absolute atomic E-state index is 0.0132. The molecule has 0 aromatic heterocycles. The SMILES string of the molecule is CC(C)(C)c1ccc2cc([SiH2]O)c(O)c(O)c2c1. The van der Waals surface area contributed by atoms with Gasteiger partial charge in [-0.25, -0.2) is 0 Å². The summed E-state index contributed by atoms with van der Waals surface area (Å²) in [5.41, 5.74) is 1.08. The third-order valence-electron chi connectivity index (χ3n) is 3.20. The molecular weight excluding hydrogens is 244 g/mol. The molecule has 2 aromatic carbocycles. The van der Waals surface area contributed by atoms with Crippen LogP contribution in [0.4, 0.5) is 0 Å². The molecule has 0 spiro atoms. The van der Waals surface area contributed by atoms with Crippen molar-refractivity contribution in [1.29, 1.82) is 0 Å². The lowest BCUT2D eigenvalue weighted by Gasteiger charge is -2.20. The molecule has 0 bridgehead atoms. The van der Waals surface area contributed by atoms with Crippen LogP contribution in [0.5, 0.6) is 11.5 Å². The van der Waals surface area contributed by atoms with E-state index in [0.29, 0.717) is 10.6 Å². The summed E-state index contributed by atoms with van der Waals surface area (Å²) in [6.45, 7) is 6.29. The maximum absolute atomic E-state index is 10.0. The molecule has 2 rings (SSSR count). The van der Waals surface area contributed by atoms with E-state index in [-0.39, 0.29) is 16.9 Å². The van der Waals surface area contributed by atoms with Crippen molar-refractivity contribution in [2.45, 2.75) is 26.2 Å². The lowest BCUT2D eigenvalue weighted by atomic mass is 9.86. The predicted molar refractivity (Wildman–Crippen MR) is 76.4 cm³/mol. The maximum Gasteiger partial charge on any atom is 0.192 e. The summed E-state index contributed by atoms with van der Waals surface area (Å²) in [5, 5.41) is 21.8. The summed E-state index contributed by atoms with van der Waals surface area (Å²) in [6, 6.07) is 7.58. The standard InChI is InChI=1S/C14H18O3Si/c1-14(2,3)9-5-4-8-6-11(18-17)13(16)12(15)10(8)7-9/h4-7,15-17H,18H2,1-3H3. The van der Waals surface area contributed by atoms with Gasteiger partial charge in [0.05, 0.1) is 0 Å². The molecule has 0 saturated heterocycles. The first kappa shape index (κ1) is 12.9. The Kier molecular flexibility index (Phi) is 3.08. The molecular formula is C14H18O3Si. The van der Waals surface area contributed by atoms with E-state index >= 15 is 0 Å². The smallest absolute Gasteiger partial charge is 0.192 e. The number of benzene rings is 2. The summed E-state index contributed by atoms with van der Waals surface area (Å²) in [6.07, 6.45) is 0. The Bertz CT molecular complexity index is 600. The highest BCUT2D eigenvalue weighted by molar-refractivity contribution is 6.47. The Morgan fingerprint density at radius 3 is 2.22 bits per heavy atom. The highest BCUT2D eigenvalue weighted by atomic mass is 28.2. The monoisotopic (exact) mass is 262 g/mol. The summed E-state index contributed by atoms with van der Waals surface area (Å²) in [5.74, 6) is -0.308. The fraction of sp³-hybridized carbons (Fsp3) is 0.286.